The largest absolute Gasteiger partial charge is 0.464 e. The van der Waals surface area contributed by atoms with Crippen molar-refractivity contribution in [2.45, 2.75) is 32.2 Å². The fraction of sp³-hybridized carbons (Fsp3) is 0.500. The zero-order valence-corrected chi connectivity index (χ0v) is 15.7. The number of sulfone groups is 1. The van der Waals surface area contributed by atoms with E-state index < -0.39 is 9.84 Å². The molecule has 136 valence electrons. The number of hydrazine groups is 1. The van der Waals surface area contributed by atoms with E-state index in [0.29, 0.717) is 6.42 Å². The summed E-state index contributed by atoms with van der Waals surface area (Å²) in [6.45, 7) is 2.08. The first kappa shape index (κ1) is 17.9. The van der Waals surface area contributed by atoms with Crippen LogP contribution in [0.2, 0.25) is 0 Å². The quantitative estimate of drug-likeness (QED) is 0.759. The molecule has 0 aliphatic carbocycles. The molecule has 1 aliphatic rings. The first-order valence-corrected chi connectivity index (χ1v) is 10.3. The first-order chi connectivity index (χ1) is 11.8. The van der Waals surface area contributed by atoms with E-state index in [9.17, 15) is 13.2 Å². The van der Waals surface area contributed by atoms with E-state index in [2.05, 4.69) is 6.92 Å². The highest BCUT2D eigenvalue weighted by Gasteiger charge is 2.36. The number of rotatable bonds is 5. The summed E-state index contributed by atoms with van der Waals surface area (Å²) in [6.07, 6.45) is 3.22. The van der Waals surface area contributed by atoms with Crippen LogP contribution in [0.25, 0.3) is 11.0 Å². The van der Waals surface area contributed by atoms with Crippen molar-refractivity contribution >= 4 is 26.7 Å². The van der Waals surface area contributed by atoms with Crippen molar-refractivity contribution < 1.29 is 17.6 Å². The molecule has 0 N–H and O–H groups in total. The predicted molar refractivity (Wildman–Crippen MR) is 96.9 cm³/mol. The molecule has 1 fully saturated rings. The molecule has 3 rings (SSSR count). The van der Waals surface area contributed by atoms with E-state index in [1.165, 1.54) is 5.56 Å². The van der Waals surface area contributed by atoms with Gasteiger partial charge in [0.25, 0.3) is 0 Å². The van der Waals surface area contributed by atoms with Crippen molar-refractivity contribution in [3.05, 3.63) is 35.6 Å². The number of benzene rings is 1. The monoisotopic (exact) mass is 364 g/mol. The van der Waals surface area contributed by atoms with Crippen LogP contribution in [-0.2, 0) is 27.5 Å². The minimum absolute atomic E-state index is 0.0307. The third kappa shape index (κ3) is 3.72. The Balaban J connectivity index is 1.82. The highest BCUT2D eigenvalue weighted by atomic mass is 32.2. The summed E-state index contributed by atoms with van der Waals surface area (Å²) in [5.41, 5.74) is 2.79. The van der Waals surface area contributed by atoms with E-state index in [1.807, 2.05) is 18.2 Å². The SMILES string of the molecule is CCc1ccc2c(CC(=O)N([C@@H]3CCS(=O)(=O)C3)N(C)C)coc2c1. The van der Waals surface area contributed by atoms with Gasteiger partial charge in [0, 0.05) is 25.0 Å². The molecule has 2 aromatic rings. The van der Waals surface area contributed by atoms with E-state index >= 15 is 0 Å². The molecule has 1 aliphatic heterocycles. The number of furan rings is 1. The van der Waals surface area contributed by atoms with Crippen LogP contribution in [0, 0.1) is 0 Å². The fourth-order valence-corrected chi connectivity index (χ4v) is 5.14. The van der Waals surface area contributed by atoms with Gasteiger partial charge in [-0.15, -0.1) is 0 Å². The Labute approximate surface area is 148 Å². The normalized spacial score (nSPS) is 19.6. The average molecular weight is 364 g/mol. The maximum Gasteiger partial charge on any atom is 0.241 e. The van der Waals surface area contributed by atoms with Gasteiger partial charge in [0.1, 0.15) is 5.58 Å². The molecule has 7 heteroatoms. The fourth-order valence-electron chi connectivity index (χ4n) is 3.45. The van der Waals surface area contributed by atoms with Gasteiger partial charge >= 0.3 is 0 Å². The van der Waals surface area contributed by atoms with Crippen LogP contribution in [-0.4, -0.2) is 56.0 Å². The lowest BCUT2D eigenvalue weighted by atomic mass is 10.1. The van der Waals surface area contributed by atoms with Crippen LogP contribution in [0.15, 0.2) is 28.9 Å². The Morgan fingerprint density at radius 1 is 1.32 bits per heavy atom. The van der Waals surface area contributed by atoms with Crippen LogP contribution in [0.1, 0.15) is 24.5 Å². The highest BCUT2D eigenvalue weighted by molar-refractivity contribution is 7.91. The van der Waals surface area contributed by atoms with E-state index in [0.717, 1.165) is 23.0 Å². The summed E-state index contributed by atoms with van der Waals surface area (Å²) < 4.78 is 29.2. The molecule has 0 spiro atoms. The van der Waals surface area contributed by atoms with Crippen LogP contribution in [0.5, 0.6) is 0 Å². The summed E-state index contributed by atoms with van der Waals surface area (Å²) in [7, 11) is 0.484. The van der Waals surface area contributed by atoms with Crippen LogP contribution >= 0.6 is 0 Å². The molecular formula is C18H24N2O4S. The van der Waals surface area contributed by atoms with Crippen molar-refractivity contribution in [3.8, 4) is 0 Å². The lowest BCUT2D eigenvalue weighted by Crippen LogP contribution is -2.49. The molecule has 25 heavy (non-hydrogen) atoms. The number of hydrogen-bond donors (Lipinski definition) is 0. The van der Waals surface area contributed by atoms with Crippen molar-refractivity contribution in [1.29, 1.82) is 0 Å². The molecular weight excluding hydrogens is 340 g/mol. The van der Waals surface area contributed by atoms with E-state index in [4.69, 9.17) is 4.42 Å². The Morgan fingerprint density at radius 3 is 2.68 bits per heavy atom. The van der Waals surface area contributed by atoms with Gasteiger partial charge in [-0.05, 0) is 24.5 Å². The van der Waals surface area contributed by atoms with Crippen molar-refractivity contribution in [1.82, 2.24) is 10.0 Å². The third-order valence-electron chi connectivity index (χ3n) is 4.71. The topological polar surface area (TPSA) is 70.8 Å². The zero-order chi connectivity index (χ0) is 18.2. The smallest absolute Gasteiger partial charge is 0.241 e. The summed E-state index contributed by atoms with van der Waals surface area (Å²) in [4.78, 5) is 12.9. The van der Waals surface area contributed by atoms with Gasteiger partial charge in [0.15, 0.2) is 9.84 Å². The minimum Gasteiger partial charge on any atom is -0.464 e. The van der Waals surface area contributed by atoms with Crippen LogP contribution in [0.3, 0.4) is 0 Å². The highest BCUT2D eigenvalue weighted by Crippen LogP contribution is 2.25. The standard InChI is InChI=1S/C18H24N2O4S/c1-4-13-5-6-16-14(11-24-17(16)9-13)10-18(21)20(19(2)3)15-7-8-25(22,23)12-15/h5-6,9,11,15H,4,7-8,10,12H2,1-3H3/t15-/m1/s1. The Kier molecular flexibility index (Phi) is 4.88. The van der Waals surface area contributed by atoms with Crippen molar-refractivity contribution in [2.24, 2.45) is 0 Å². The number of carbonyl (C=O) groups excluding carboxylic acids is 1. The number of hydrogen-bond acceptors (Lipinski definition) is 5. The van der Waals surface area contributed by atoms with Crippen molar-refractivity contribution in [3.63, 3.8) is 0 Å². The predicted octanol–water partition coefficient (Wildman–Crippen LogP) is 2.03. The lowest BCUT2D eigenvalue weighted by Gasteiger charge is -2.33. The lowest BCUT2D eigenvalue weighted by molar-refractivity contribution is -0.148. The molecule has 0 radical (unpaired) electrons. The number of nitrogens with zero attached hydrogens (tertiary/aromatic N) is 2. The van der Waals surface area contributed by atoms with E-state index in [1.54, 1.807) is 30.4 Å². The molecule has 2 heterocycles. The number of fused-ring (bicyclic) bond motifs is 1. The van der Waals surface area contributed by atoms with Gasteiger partial charge in [-0.25, -0.2) is 13.4 Å². The summed E-state index contributed by atoms with van der Waals surface area (Å²) in [6, 6.07) is 5.73. The first-order valence-electron chi connectivity index (χ1n) is 8.49. The molecule has 1 saturated heterocycles. The van der Waals surface area contributed by atoms with E-state index in [-0.39, 0.29) is 29.9 Å². The van der Waals surface area contributed by atoms with Crippen LogP contribution < -0.4 is 0 Å². The third-order valence-corrected chi connectivity index (χ3v) is 6.46. The summed E-state index contributed by atoms with van der Waals surface area (Å²) in [5.74, 6) is 0.0569. The summed E-state index contributed by atoms with van der Waals surface area (Å²) >= 11 is 0. The number of amides is 1. The molecule has 1 atom stereocenters. The van der Waals surface area contributed by atoms with Gasteiger partial charge in [0.2, 0.25) is 5.91 Å². The summed E-state index contributed by atoms with van der Waals surface area (Å²) in [5, 5.41) is 4.19. The van der Waals surface area contributed by atoms with Crippen molar-refractivity contribution in [2.75, 3.05) is 25.6 Å². The Bertz CT molecular complexity index is 886. The number of carbonyl (C=O) groups is 1. The molecule has 6 nitrogen and oxygen atoms in total. The van der Waals surface area contributed by atoms with Gasteiger partial charge in [-0.3, -0.25) is 9.80 Å². The Hall–Kier alpha value is -1.86. The minimum atomic E-state index is -3.05. The van der Waals surface area contributed by atoms with Gasteiger partial charge in [-0.1, -0.05) is 19.1 Å². The second-order valence-electron chi connectivity index (χ2n) is 6.76. The molecule has 0 bridgehead atoms. The molecule has 0 unspecified atom stereocenters. The second-order valence-corrected chi connectivity index (χ2v) is 8.99. The molecule has 1 aromatic carbocycles. The Morgan fingerprint density at radius 2 is 2.08 bits per heavy atom. The maximum absolute atomic E-state index is 12.9. The van der Waals surface area contributed by atoms with Gasteiger partial charge < -0.3 is 4.42 Å². The average Bonchev–Trinajstić information content (AvgIpc) is 3.10. The molecule has 1 amide bonds. The van der Waals surface area contributed by atoms with Gasteiger partial charge in [-0.2, -0.15) is 0 Å². The van der Waals surface area contributed by atoms with Gasteiger partial charge in [0.05, 0.1) is 30.2 Å². The maximum atomic E-state index is 12.9. The molecule has 1 aromatic heterocycles. The van der Waals surface area contributed by atoms with Crippen LogP contribution in [0.4, 0.5) is 0 Å². The molecule has 0 saturated carbocycles. The second kappa shape index (κ2) is 6.80. The number of aryl methyl sites for hydroxylation is 1. The zero-order valence-electron chi connectivity index (χ0n) is 14.9.